The lowest BCUT2D eigenvalue weighted by molar-refractivity contribution is -0.139. The van der Waals surface area contributed by atoms with Crippen molar-refractivity contribution in [1.82, 2.24) is 0 Å². The topological polar surface area (TPSA) is 37.3 Å². The summed E-state index contributed by atoms with van der Waals surface area (Å²) < 4.78 is 0. The summed E-state index contributed by atoms with van der Waals surface area (Å²) in [5.74, 6) is 0.334. The van der Waals surface area contributed by atoms with Crippen molar-refractivity contribution in [2.45, 2.75) is 46.5 Å². The van der Waals surface area contributed by atoms with Crippen LogP contribution in [-0.4, -0.2) is 11.1 Å². The quantitative estimate of drug-likeness (QED) is 0.748. The first-order chi connectivity index (χ1) is 8.04. The minimum absolute atomic E-state index is 0.396. The maximum absolute atomic E-state index is 10.7. The van der Waals surface area contributed by atoms with Crippen LogP contribution in [0, 0.1) is 17.8 Å². The van der Waals surface area contributed by atoms with E-state index in [0.717, 1.165) is 5.92 Å². The second-order valence-electron chi connectivity index (χ2n) is 5.23. The van der Waals surface area contributed by atoms with Crippen LogP contribution < -0.4 is 0 Å². The van der Waals surface area contributed by atoms with E-state index in [2.05, 4.69) is 13.0 Å². The highest BCUT2D eigenvalue weighted by atomic mass is 16.4. The van der Waals surface area contributed by atoms with E-state index in [9.17, 15) is 4.79 Å². The molecule has 0 aromatic carbocycles. The fourth-order valence-electron chi connectivity index (χ4n) is 2.40. The molecule has 0 amide bonds. The summed E-state index contributed by atoms with van der Waals surface area (Å²) in [5, 5.41) is 8.84. The smallest absolute Gasteiger partial charge is 0.310 e. The predicted octanol–water partition coefficient (Wildman–Crippen LogP) is 4.04. The maximum atomic E-state index is 10.7. The molecule has 1 saturated carbocycles. The van der Waals surface area contributed by atoms with E-state index >= 15 is 0 Å². The summed E-state index contributed by atoms with van der Waals surface area (Å²) in [6.45, 7) is 6.08. The Balaban J connectivity index is 2.58. The summed E-state index contributed by atoms with van der Waals surface area (Å²) in [6, 6.07) is 0. The molecule has 0 unspecified atom stereocenters. The Bertz CT molecular complexity index is 307. The largest absolute Gasteiger partial charge is 0.481 e. The van der Waals surface area contributed by atoms with Crippen molar-refractivity contribution >= 4 is 5.97 Å². The molecular weight excluding hydrogens is 212 g/mol. The van der Waals surface area contributed by atoms with Gasteiger partial charge in [0.05, 0.1) is 5.92 Å². The second kappa shape index (κ2) is 6.63. The van der Waals surface area contributed by atoms with Gasteiger partial charge < -0.3 is 5.11 Å². The van der Waals surface area contributed by atoms with Gasteiger partial charge in [-0.2, -0.15) is 0 Å². The number of rotatable bonds is 4. The van der Waals surface area contributed by atoms with Crippen molar-refractivity contribution < 1.29 is 9.90 Å². The Morgan fingerprint density at radius 3 is 2.35 bits per heavy atom. The summed E-state index contributed by atoms with van der Waals surface area (Å²) in [7, 11) is 0. The Kier molecular flexibility index (Phi) is 5.46. The molecule has 1 atom stereocenters. The van der Waals surface area contributed by atoms with Crippen molar-refractivity contribution in [2.24, 2.45) is 17.8 Å². The molecule has 0 radical (unpaired) electrons. The third-order valence-electron chi connectivity index (χ3n) is 3.79. The first-order valence-electron chi connectivity index (χ1n) is 6.61. The first-order valence-corrected chi connectivity index (χ1v) is 6.61. The third-order valence-corrected chi connectivity index (χ3v) is 3.79. The average Bonchev–Trinajstić information content (AvgIpc) is 2.31. The minimum atomic E-state index is -0.756. The fourth-order valence-corrected chi connectivity index (χ4v) is 2.40. The second-order valence-corrected chi connectivity index (χ2v) is 5.23. The highest BCUT2D eigenvalue weighted by Crippen LogP contribution is 2.33. The van der Waals surface area contributed by atoms with Gasteiger partial charge in [-0.25, -0.2) is 0 Å². The molecule has 0 saturated heterocycles. The van der Waals surface area contributed by atoms with Gasteiger partial charge in [0, 0.05) is 0 Å². The zero-order chi connectivity index (χ0) is 12.8. The molecule has 2 nitrogen and oxygen atoms in total. The molecular formula is C15H24O2. The molecule has 96 valence electrons. The number of carbonyl (C=O) groups is 1. The molecule has 17 heavy (non-hydrogen) atoms. The molecule has 1 rings (SSSR count). The Labute approximate surface area is 104 Å². The molecule has 1 aliphatic rings. The van der Waals surface area contributed by atoms with Crippen LogP contribution in [0.5, 0.6) is 0 Å². The number of aliphatic carboxylic acids is 1. The summed E-state index contributed by atoms with van der Waals surface area (Å²) in [4.78, 5) is 10.7. The maximum Gasteiger partial charge on any atom is 0.310 e. The number of hydrogen-bond acceptors (Lipinski definition) is 1. The van der Waals surface area contributed by atoms with Gasteiger partial charge >= 0.3 is 5.97 Å². The summed E-state index contributed by atoms with van der Waals surface area (Å²) in [5.41, 5.74) is 1.31. The van der Waals surface area contributed by atoms with Crippen molar-refractivity contribution in [3.8, 4) is 0 Å². The van der Waals surface area contributed by atoms with Crippen LogP contribution in [0.25, 0.3) is 0 Å². The number of allylic oxidation sites excluding steroid dienone is 3. The zero-order valence-corrected chi connectivity index (χ0v) is 11.1. The van der Waals surface area contributed by atoms with Gasteiger partial charge in [0.1, 0.15) is 0 Å². The van der Waals surface area contributed by atoms with Crippen LogP contribution in [-0.2, 0) is 4.79 Å². The summed E-state index contributed by atoms with van der Waals surface area (Å²) >= 11 is 0. The molecule has 0 aromatic rings. The lowest BCUT2D eigenvalue weighted by atomic mass is 9.79. The van der Waals surface area contributed by atoms with Crippen LogP contribution in [0.15, 0.2) is 23.8 Å². The van der Waals surface area contributed by atoms with E-state index in [1.165, 1.54) is 31.3 Å². The van der Waals surface area contributed by atoms with Gasteiger partial charge in [-0.3, -0.25) is 4.79 Å². The molecule has 0 bridgehead atoms. The number of carboxylic acids is 1. The SMILES string of the molecule is C/C=C(\C=C/[C@H](C)C(=O)O)C1CCC(C)CC1. The van der Waals surface area contributed by atoms with Crippen LogP contribution in [0.1, 0.15) is 46.5 Å². The van der Waals surface area contributed by atoms with Crippen LogP contribution in [0.2, 0.25) is 0 Å². The first kappa shape index (κ1) is 14.0. The van der Waals surface area contributed by atoms with E-state index in [1.807, 2.05) is 13.0 Å². The Hall–Kier alpha value is -1.05. The van der Waals surface area contributed by atoms with Gasteiger partial charge in [-0.15, -0.1) is 0 Å². The Morgan fingerprint density at radius 2 is 1.88 bits per heavy atom. The molecule has 1 fully saturated rings. The molecule has 0 aromatic heterocycles. The highest BCUT2D eigenvalue weighted by molar-refractivity contribution is 5.71. The van der Waals surface area contributed by atoms with Crippen molar-refractivity contribution in [1.29, 1.82) is 0 Å². The van der Waals surface area contributed by atoms with Gasteiger partial charge in [-0.05, 0) is 44.1 Å². The van der Waals surface area contributed by atoms with Crippen molar-refractivity contribution in [3.63, 3.8) is 0 Å². The molecule has 0 aliphatic heterocycles. The fraction of sp³-hybridized carbons (Fsp3) is 0.667. The molecule has 0 heterocycles. The Morgan fingerprint density at radius 1 is 1.29 bits per heavy atom. The lowest BCUT2D eigenvalue weighted by Gasteiger charge is -2.27. The van der Waals surface area contributed by atoms with Crippen molar-refractivity contribution in [2.75, 3.05) is 0 Å². The molecule has 2 heteroatoms. The standard InChI is InChI=1S/C15H24O2/c1-4-13(10-7-12(3)15(16)17)14-8-5-11(2)6-9-14/h4,7,10-12,14H,5-6,8-9H2,1-3H3,(H,16,17)/b10-7-,13-4+/t11?,12-,14?/m0/s1. The number of hydrogen-bond donors (Lipinski definition) is 1. The van der Waals surface area contributed by atoms with E-state index in [-0.39, 0.29) is 0 Å². The molecule has 1 aliphatic carbocycles. The van der Waals surface area contributed by atoms with E-state index in [1.54, 1.807) is 13.0 Å². The molecule has 0 spiro atoms. The monoisotopic (exact) mass is 236 g/mol. The average molecular weight is 236 g/mol. The normalized spacial score (nSPS) is 28.3. The van der Waals surface area contributed by atoms with Crippen LogP contribution in [0.4, 0.5) is 0 Å². The van der Waals surface area contributed by atoms with Gasteiger partial charge in [-0.1, -0.05) is 38.0 Å². The van der Waals surface area contributed by atoms with E-state index < -0.39 is 11.9 Å². The minimum Gasteiger partial charge on any atom is -0.481 e. The summed E-state index contributed by atoms with van der Waals surface area (Å²) in [6.07, 6.45) is 11.0. The number of carboxylic acid groups (broad SMARTS) is 1. The van der Waals surface area contributed by atoms with Gasteiger partial charge in [0.15, 0.2) is 0 Å². The van der Waals surface area contributed by atoms with Crippen molar-refractivity contribution in [3.05, 3.63) is 23.8 Å². The van der Waals surface area contributed by atoms with Gasteiger partial charge in [0.2, 0.25) is 0 Å². The molecule has 1 N–H and O–H groups in total. The zero-order valence-electron chi connectivity index (χ0n) is 11.1. The van der Waals surface area contributed by atoms with Gasteiger partial charge in [0.25, 0.3) is 0 Å². The van der Waals surface area contributed by atoms with Crippen LogP contribution >= 0.6 is 0 Å². The van der Waals surface area contributed by atoms with E-state index in [4.69, 9.17) is 5.11 Å². The predicted molar refractivity (Wildman–Crippen MR) is 70.8 cm³/mol. The van der Waals surface area contributed by atoms with Crippen LogP contribution in [0.3, 0.4) is 0 Å². The van der Waals surface area contributed by atoms with E-state index in [0.29, 0.717) is 5.92 Å². The third kappa shape index (κ3) is 4.37. The highest BCUT2D eigenvalue weighted by Gasteiger charge is 2.20. The lowest BCUT2D eigenvalue weighted by Crippen LogP contribution is -2.14.